The van der Waals surface area contributed by atoms with E-state index in [0.29, 0.717) is 11.8 Å². The van der Waals surface area contributed by atoms with Crippen LogP contribution in [0.3, 0.4) is 0 Å². The van der Waals surface area contributed by atoms with Gasteiger partial charge in [-0.2, -0.15) is 0 Å². The molecule has 0 aliphatic heterocycles. The predicted octanol–water partition coefficient (Wildman–Crippen LogP) is 2.44. The number of rotatable bonds is 1. The Labute approximate surface area is 71.2 Å². The lowest BCUT2D eigenvalue weighted by Gasteiger charge is -2.33. The largest absolute Gasteiger partial charge is 0.393 e. The van der Waals surface area contributed by atoms with E-state index >= 15 is 0 Å². The molecule has 1 saturated carbocycles. The van der Waals surface area contributed by atoms with Crippen molar-refractivity contribution < 1.29 is 6.48 Å². The fraction of sp³-hybridized carbons (Fsp3) is 1.00. The lowest BCUT2D eigenvalue weighted by molar-refractivity contribution is 0.0410. The molecule has 0 heterocycles. The number of hydrogen-bond donors (Lipinski definition) is 1. The zero-order chi connectivity index (χ0) is 9.30. The van der Waals surface area contributed by atoms with E-state index in [1.807, 2.05) is 6.92 Å². The fourth-order valence-electron chi connectivity index (χ4n) is 1.71. The van der Waals surface area contributed by atoms with Crippen molar-refractivity contribution in [3.05, 3.63) is 0 Å². The molecule has 11 heavy (non-hydrogen) atoms. The first kappa shape index (κ1) is 7.60. The van der Waals surface area contributed by atoms with Crippen molar-refractivity contribution in [1.29, 1.82) is 0 Å². The number of aliphatic hydroxyl groups excluding tert-OH is 1. The Balaban J connectivity index is 2.53. The summed E-state index contributed by atoms with van der Waals surface area (Å²) in [5.41, 5.74) is 0. The van der Waals surface area contributed by atoms with Crippen LogP contribution in [0.1, 0.15) is 41.4 Å². The molecule has 1 aliphatic carbocycles. The van der Waals surface area contributed by atoms with Gasteiger partial charge in [-0.3, -0.25) is 0 Å². The average Bonchev–Trinajstić information content (AvgIpc) is 1.99. The van der Waals surface area contributed by atoms with E-state index in [1.54, 1.807) is 0 Å². The smallest absolute Gasteiger partial charge is 0.0568 e. The van der Waals surface area contributed by atoms with Crippen LogP contribution in [0.15, 0.2) is 0 Å². The van der Waals surface area contributed by atoms with Crippen LogP contribution in [0.2, 0.25) is 0 Å². The third kappa shape index (κ3) is 2.19. The Morgan fingerprint density at radius 1 is 1.55 bits per heavy atom. The van der Waals surface area contributed by atoms with E-state index in [2.05, 4.69) is 13.8 Å². The molecule has 0 radical (unpaired) electrons. The van der Waals surface area contributed by atoms with Gasteiger partial charge in [0.05, 0.1) is 6.10 Å². The highest BCUT2D eigenvalue weighted by atomic mass is 16.3. The van der Waals surface area contributed by atoms with Gasteiger partial charge in [-0.15, -0.1) is 0 Å². The van der Waals surface area contributed by atoms with Crippen molar-refractivity contribution in [3.63, 3.8) is 0 Å². The Hall–Kier alpha value is -0.0400. The van der Waals surface area contributed by atoms with Gasteiger partial charge in [-0.25, -0.2) is 0 Å². The van der Waals surface area contributed by atoms with Gasteiger partial charge >= 0.3 is 0 Å². The van der Waals surface area contributed by atoms with Crippen molar-refractivity contribution in [2.24, 2.45) is 17.8 Å². The van der Waals surface area contributed by atoms with Gasteiger partial charge in [0.1, 0.15) is 0 Å². The summed E-state index contributed by atoms with van der Waals surface area (Å²) in [5.74, 6) is 1.33. The topological polar surface area (TPSA) is 20.2 Å². The highest BCUT2D eigenvalue weighted by Crippen LogP contribution is 2.32. The Kier molecular flexibility index (Phi) is 2.47. The van der Waals surface area contributed by atoms with Crippen LogP contribution in [0.25, 0.3) is 0 Å². The Morgan fingerprint density at radius 3 is 2.64 bits per heavy atom. The highest BCUT2D eigenvalue weighted by molar-refractivity contribution is 4.78. The first-order chi connectivity index (χ1) is 5.52. The Morgan fingerprint density at radius 2 is 2.18 bits per heavy atom. The van der Waals surface area contributed by atoms with Gasteiger partial charge in [-0.05, 0) is 37.0 Å². The molecule has 4 atom stereocenters. The zero-order valence-electron chi connectivity index (χ0n) is 8.75. The van der Waals surface area contributed by atoms with Crippen molar-refractivity contribution in [2.45, 2.75) is 46.1 Å². The molecule has 1 heteroatoms. The van der Waals surface area contributed by atoms with Crippen LogP contribution in [-0.2, 0) is 0 Å². The number of hydrogen-bond acceptors (Lipinski definition) is 1. The summed E-state index contributed by atoms with van der Waals surface area (Å²) >= 11 is 0. The minimum Gasteiger partial charge on any atom is -0.393 e. The SMILES string of the molecule is [2H]C1C[C@@H](C(C)C)C[C@H](O)[C@@H]1C. The van der Waals surface area contributed by atoms with Gasteiger partial charge in [0.15, 0.2) is 0 Å². The molecule has 1 N–H and O–H groups in total. The molecular weight excluding hydrogens is 136 g/mol. The first-order valence-corrected chi connectivity index (χ1v) is 4.62. The maximum Gasteiger partial charge on any atom is 0.0568 e. The molecule has 0 saturated heterocycles. The van der Waals surface area contributed by atoms with E-state index in [1.165, 1.54) is 0 Å². The molecule has 0 aromatic heterocycles. The second kappa shape index (κ2) is 3.57. The molecule has 0 spiro atoms. The quantitative estimate of drug-likeness (QED) is 0.620. The van der Waals surface area contributed by atoms with E-state index in [9.17, 15) is 5.11 Å². The van der Waals surface area contributed by atoms with Gasteiger partial charge < -0.3 is 5.11 Å². The normalized spacial score (nSPS) is 47.5. The maximum atomic E-state index is 9.65. The monoisotopic (exact) mass is 157 g/mol. The summed E-state index contributed by atoms with van der Waals surface area (Å²) < 4.78 is 7.77. The second-order valence-corrected chi connectivity index (χ2v) is 4.14. The van der Waals surface area contributed by atoms with E-state index in [4.69, 9.17) is 1.37 Å². The summed E-state index contributed by atoms with van der Waals surface area (Å²) in [6.45, 7) is 6.35. The Bertz CT molecular complexity index is 135. The summed E-state index contributed by atoms with van der Waals surface area (Å²) in [5, 5.41) is 9.65. The molecule has 1 unspecified atom stereocenters. The lowest BCUT2D eigenvalue weighted by atomic mass is 9.76. The third-order valence-electron chi connectivity index (χ3n) is 2.90. The van der Waals surface area contributed by atoms with Crippen molar-refractivity contribution in [2.75, 3.05) is 0 Å². The summed E-state index contributed by atoms with van der Waals surface area (Å²) in [4.78, 5) is 0. The predicted molar refractivity (Wildman–Crippen MR) is 47.3 cm³/mol. The molecule has 0 amide bonds. The molecular formula is C10H20O. The molecule has 1 fully saturated rings. The van der Waals surface area contributed by atoms with Crippen LogP contribution in [0.5, 0.6) is 0 Å². The molecule has 66 valence electrons. The maximum absolute atomic E-state index is 9.65. The molecule has 1 nitrogen and oxygen atoms in total. The van der Waals surface area contributed by atoms with Crippen molar-refractivity contribution >= 4 is 0 Å². The molecule has 0 bridgehead atoms. The van der Waals surface area contributed by atoms with Crippen molar-refractivity contribution in [1.82, 2.24) is 0 Å². The summed E-state index contributed by atoms with van der Waals surface area (Å²) in [6.07, 6.45) is 1.57. The number of aliphatic hydroxyl groups is 1. The van der Waals surface area contributed by atoms with Crippen LogP contribution < -0.4 is 0 Å². The van der Waals surface area contributed by atoms with Gasteiger partial charge in [0.25, 0.3) is 0 Å². The molecule has 1 rings (SSSR count). The average molecular weight is 157 g/mol. The van der Waals surface area contributed by atoms with E-state index < -0.39 is 0 Å². The van der Waals surface area contributed by atoms with Crippen LogP contribution in [-0.4, -0.2) is 11.2 Å². The first-order valence-electron chi connectivity index (χ1n) is 5.20. The van der Waals surface area contributed by atoms with Gasteiger partial charge in [0.2, 0.25) is 0 Å². The minimum absolute atomic E-state index is 0.0545. The van der Waals surface area contributed by atoms with Crippen LogP contribution in [0.4, 0.5) is 0 Å². The van der Waals surface area contributed by atoms with Gasteiger partial charge in [-0.1, -0.05) is 20.8 Å². The fourth-order valence-corrected chi connectivity index (χ4v) is 1.71. The summed E-state index contributed by atoms with van der Waals surface area (Å²) in [6, 6.07) is 0. The lowest BCUT2D eigenvalue weighted by Crippen LogP contribution is -2.29. The second-order valence-electron chi connectivity index (χ2n) is 4.14. The van der Waals surface area contributed by atoms with Crippen LogP contribution in [0, 0.1) is 17.8 Å². The van der Waals surface area contributed by atoms with E-state index in [-0.39, 0.29) is 18.4 Å². The minimum atomic E-state index is -0.242. The molecule has 1 aliphatic rings. The molecule has 0 aromatic carbocycles. The van der Waals surface area contributed by atoms with Crippen molar-refractivity contribution in [3.8, 4) is 0 Å². The zero-order valence-corrected chi connectivity index (χ0v) is 7.75. The third-order valence-corrected chi connectivity index (χ3v) is 2.90. The van der Waals surface area contributed by atoms with Crippen LogP contribution >= 0.6 is 0 Å². The van der Waals surface area contributed by atoms with E-state index in [0.717, 1.165) is 12.8 Å². The highest BCUT2D eigenvalue weighted by Gasteiger charge is 2.27. The summed E-state index contributed by atoms with van der Waals surface area (Å²) in [7, 11) is 0. The standard InChI is InChI=1S/C10H20O/c1-7(2)9-5-4-8(3)10(11)6-9/h7-11H,4-6H2,1-3H3/t8-,9-,10+/m1/s1/i4D/t4?,8-,9-,10+. The van der Waals surface area contributed by atoms with Gasteiger partial charge in [0, 0.05) is 1.37 Å². The molecule has 0 aromatic rings.